The first-order valence-electron chi connectivity index (χ1n) is 9.95. The first-order valence-corrected chi connectivity index (χ1v) is 9.95. The van der Waals surface area contributed by atoms with Crippen molar-refractivity contribution in [2.24, 2.45) is 5.73 Å². The van der Waals surface area contributed by atoms with Gasteiger partial charge in [0.1, 0.15) is 5.82 Å². The van der Waals surface area contributed by atoms with E-state index in [0.717, 1.165) is 55.4 Å². The van der Waals surface area contributed by atoms with Crippen LogP contribution in [0.3, 0.4) is 0 Å². The zero-order chi connectivity index (χ0) is 19.3. The number of halogens is 1. The van der Waals surface area contributed by atoms with Crippen LogP contribution in [0.25, 0.3) is 11.3 Å². The predicted octanol–water partition coefficient (Wildman–Crippen LogP) is 1.01. The molecule has 4 heterocycles. The molecule has 0 radical (unpaired) electrons. The van der Waals surface area contributed by atoms with E-state index in [-0.39, 0.29) is 24.4 Å². The molecule has 0 bridgehead atoms. The summed E-state index contributed by atoms with van der Waals surface area (Å²) < 4.78 is 5.60. The van der Waals surface area contributed by atoms with Crippen molar-refractivity contribution in [3.05, 3.63) is 18.0 Å². The minimum atomic E-state index is 0. The Kier molecular flexibility index (Phi) is 5.46. The van der Waals surface area contributed by atoms with Crippen LogP contribution in [-0.2, 0) is 11.2 Å². The van der Waals surface area contributed by atoms with Gasteiger partial charge < -0.3 is 26.0 Å². The molecule has 9 nitrogen and oxygen atoms in total. The number of nitrogens with two attached hydrogens (primary N) is 2. The summed E-state index contributed by atoms with van der Waals surface area (Å²) >= 11 is 0. The van der Waals surface area contributed by atoms with E-state index in [4.69, 9.17) is 26.2 Å². The summed E-state index contributed by atoms with van der Waals surface area (Å²) in [6.07, 6.45) is 6.46. The molecule has 1 aliphatic carbocycles. The number of nitrogens with zero attached hydrogens (tertiary/aromatic N) is 6. The molecule has 10 heteroatoms. The number of aromatic nitrogens is 4. The van der Waals surface area contributed by atoms with Gasteiger partial charge in [-0.2, -0.15) is 4.98 Å². The van der Waals surface area contributed by atoms with Gasteiger partial charge in [0.25, 0.3) is 0 Å². The maximum atomic E-state index is 6.05. The molecule has 4 N–H and O–H groups in total. The van der Waals surface area contributed by atoms with Gasteiger partial charge in [0, 0.05) is 48.7 Å². The molecule has 3 aliphatic rings. The van der Waals surface area contributed by atoms with E-state index in [1.165, 1.54) is 5.56 Å². The maximum absolute atomic E-state index is 6.05. The Morgan fingerprint density at radius 1 is 1.10 bits per heavy atom. The topological polar surface area (TPSA) is 119 Å². The van der Waals surface area contributed by atoms with E-state index < -0.39 is 0 Å². The zero-order valence-corrected chi connectivity index (χ0v) is 17.3. The molecule has 1 saturated carbocycles. The van der Waals surface area contributed by atoms with Crippen LogP contribution < -0.4 is 21.3 Å². The van der Waals surface area contributed by atoms with Gasteiger partial charge >= 0.3 is 0 Å². The number of hydrogen-bond donors (Lipinski definition) is 2. The van der Waals surface area contributed by atoms with Gasteiger partial charge in [0.2, 0.25) is 11.9 Å². The fraction of sp³-hybridized carbons (Fsp3) is 0.579. The number of anilines is 3. The second kappa shape index (κ2) is 7.89. The van der Waals surface area contributed by atoms with E-state index in [0.29, 0.717) is 25.3 Å². The van der Waals surface area contributed by atoms with Crippen LogP contribution in [0.5, 0.6) is 0 Å². The van der Waals surface area contributed by atoms with Crippen molar-refractivity contribution in [2.45, 2.75) is 44.3 Å². The van der Waals surface area contributed by atoms with Crippen molar-refractivity contribution < 1.29 is 4.74 Å². The average molecular weight is 419 g/mol. The fourth-order valence-corrected chi connectivity index (χ4v) is 4.36. The smallest absolute Gasteiger partial charge is 0.228 e. The van der Waals surface area contributed by atoms with Crippen molar-refractivity contribution in [2.75, 3.05) is 41.8 Å². The predicted molar refractivity (Wildman–Crippen MR) is 114 cm³/mol. The standard InChI is InChI=1S/C19H26N8O.ClH/c1-11-10-28-5-4-26(11)19-24-16(12-8-22-18(21)23-9-12)15-2-3-27(17(15)25-19)14-6-13(20)7-14;/h8-9,11,13-14H,2-7,10,20H2,1H3,(H2,21,22,23);1H/t11-,13-,14-;/m0./s1. The largest absolute Gasteiger partial charge is 0.377 e. The van der Waals surface area contributed by atoms with Crippen molar-refractivity contribution in [3.63, 3.8) is 0 Å². The molecule has 2 aliphatic heterocycles. The van der Waals surface area contributed by atoms with Gasteiger partial charge in [0.15, 0.2) is 0 Å². The van der Waals surface area contributed by atoms with Crippen LogP contribution in [-0.4, -0.2) is 64.4 Å². The molecule has 1 saturated heterocycles. The Morgan fingerprint density at radius 3 is 2.55 bits per heavy atom. The Balaban J connectivity index is 0.00000205. The number of rotatable bonds is 3. The lowest BCUT2D eigenvalue weighted by atomic mass is 9.86. The van der Waals surface area contributed by atoms with Crippen LogP contribution in [0, 0.1) is 0 Å². The molecule has 1 atom stereocenters. The lowest BCUT2D eigenvalue weighted by Crippen LogP contribution is -2.50. The summed E-state index contributed by atoms with van der Waals surface area (Å²) in [4.78, 5) is 23.0. The van der Waals surface area contributed by atoms with Gasteiger partial charge in [0.05, 0.1) is 24.9 Å². The van der Waals surface area contributed by atoms with E-state index in [2.05, 4.69) is 26.7 Å². The normalized spacial score (nSPS) is 25.9. The third-order valence-corrected chi connectivity index (χ3v) is 6.01. The number of fused-ring (bicyclic) bond motifs is 1. The van der Waals surface area contributed by atoms with E-state index in [1.54, 1.807) is 12.4 Å². The molecular formula is C19H27ClN8O. The van der Waals surface area contributed by atoms with Gasteiger partial charge in [-0.1, -0.05) is 0 Å². The Labute approximate surface area is 176 Å². The Bertz CT molecular complexity index is 873. The average Bonchev–Trinajstić information content (AvgIpc) is 3.09. The van der Waals surface area contributed by atoms with Crippen LogP contribution in [0.2, 0.25) is 0 Å². The molecule has 2 aromatic heterocycles. The highest BCUT2D eigenvalue weighted by Gasteiger charge is 2.38. The molecule has 2 fully saturated rings. The molecule has 0 aromatic carbocycles. The van der Waals surface area contributed by atoms with Crippen LogP contribution in [0.4, 0.5) is 17.7 Å². The second-order valence-corrected chi connectivity index (χ2v) is 7.95. The molecular weight excluding hydrogens is 392 g/mol. The fourth-order valence-electron chi connectivity index (χ4n) is 4.36. The lowest BCUT2D eigenvalue weighted by molar-refractivity contribution is 0.0981. The third kappa shape index (κ3) is 3.58. The van der Waals surface area contributed by atoms with Gasteiger partial charge in [-0.25, -0.2) is 15.0 Å². The molecule has 0 unspecified atom stereocenters. The molecule has 0 amide bonds. The summed E-state index contributed by atoms with van der Waals surface area (Å²) in [5, 5.41) is 0. The van der Waals surface area contributed by atoms with Crippen molar-refractivity contribution >= 4 is 30.1 Å². The summed E-state index contributed by atoms with van der Waals surface area (Å²) in [6.45, 7) is 5.25. The summed E-state index contributed by atoms with van der Waals surface area (Å²) in [5.74, 6) is 2.05. The van der Waals surface area contributed by atoms with Gasteiger partial charge in [-0.05, 0) is 26.2 Å². The van der Waals surface area contributed by atoms with Gasteiger partial charge in [-0.3, -0.25) is 0 Å². The lowest BCUT2D eigenvalue weighted by Gasteiger charge is -2.40. The maximum Gasteiger partial charge on any atom is 0.228 e. The molecule has 156 valence electrons. The third-order valence-electron chi connectivity index (χ3n) is 6.01. The number of ether oxygens (including phenoxy) is 1. The highest BCUT2D eigenvalue weighted by atomic mass is 35.5. The van der Waals surface area contributed by atoms with E-state index >= 15 is 0 Å². The van der Waals surface area contributed by atoms with Crippen LogP contribution in [0.15, 0.2) is 12.4 Å². The summed E-state index contributed by atoms with van der Waals surface area (Å²) in [7, 11) is 0. The zero-order valence-electron chi connectivity index (χ0n) is 16.5. The highest BCUT2D eigenvalue weighted by Crippen LogP contribution is 2.39. The first-order chi connectivity index (χ1) is 13.6. The number of hydrogen-bond acceptors (Lipinski definition) is 9. The monoisotopic (exact) mass is 418 g/mol. The molecule has 5 rings (SSSR count). The number of nitrogen functional groups attached to an aromatic ring is 1. The highest BCUT2D eigenvalue weighted by molar-refractivity contribution is 5.85. The van der Waals surface area contributed by atoms with Crippen LogP contribution >= 0.6 is 12.4 Å². The Hall–Kier alpha value is -2.23. The number of morpholine rings is 1. The minimum absolute atomic E-state index is 0. The summed E-state index contributed by atoms with van der Waals surface area (Å²) in [6, 6.07) is 1.01. The van der Waals surface area contributed by atoms with Crippen LogP contribution in [0.1, 0.15) is 25.3 Å². The molecule has 0 spiro atoms. The van der Waals surface area contributed by atoms with E-state index in [1.807, 2.05) is 0 Å². The molecule has 29 heavy (non-hydrogen) atoms. The van der Waals surface area contributed by atoms with E-state index in [9.17, 15) is 0 Å². The SMILES string of the molecule is C[C@H]1COCCN1c1nc(-c2cnc(N)nc2)c2c(n1)N([C@H]1C[C@H](N)C1)CC2.Cl. The van der Waals surface area contributed by atoms with Crippen molar-refractivity contribution in [1.29, 1.82) is 0 Å². The van der Waals surface area contributed by atoms with Crippen molar-refractivity contribution in [3.8, 4) is 11.3 Å². The minimum Gasteiger partial charge on any atom is -0.377 e. The second-order valence-electron chi connectivity index (χ2n) is 7.95. The first kappa shape index (κ1) is 20.1. The Morgan fingerprint density at radius 2 is 1.86 bits per heavy atom. The summed E-state index contributed by atoms with van der Waals surface area (Å²) in [5.41, 5.74) is 14.7. The molecule has 2 aromatic rings. The quantitative estimate of drug-likeness (QED) is 0.752. The van der Waals surface area contributed by atoms with Gasteiger partial charge in [-0.15, -0.1) is 12.4 Å². The van der Waals surface area contributed by atoms with Crippen molar-refractivity contribution in [1.82, 2.24) is 19.9 Å².